The van der Waals surface area contributed by atoms with E-state index in [0.29, 0.717) is 0 Å². The van der Waals surface area contributed by atoms with Crippen molar-refractivity contribution in [1.29, 1.82) is 0 Å². The molecule has 0 radical (unpaired) electrons. The Kier molecular flexibility index (Phi) is 10.5. The maximum atomic E-state index is 11.1. The van der Waals surface area contributed by atoms with Gasteiger partial charge in [0.05, 0.1) is 0 Å². The van der Waals surface area contributed by atoms with Crippen LogP contribution in [-0.2, 0) is 4.79 Å². The molecule has 0 N–H and O–H groups in total. The number of aldehydes is 1. The smallest absolute Gasteiger partial charge is 0.145 e. The Balaban J connectivity index is 4.45. The predicted molar refractivity (Wildman–Crippen MR) is 71.7 cm³/mol. The van der Waals surface area contributed by atoms with Gasteiger partial charge in [-0.3, -0.25) is 4.79 Å². The lowest BCUT2D eigenvalue weighted by molar-refractivity contribution is -0.105. The van der Waals surface area contributed by atoms with Gasteiger partial charge in [0.2, 0.25) is 0 Å². The Hall–Kier alpha value is -0.590. The van der Waals surface area contributed by atoms with E-state index in [0.717, 1.165) is 37.5 Å². The lowest BCUT2D eigenvalue weighted by atomic mass is 9.95. The molecule has 0 aliphatic heterocycles. The first kappa shape index (κ1) is 15.4. The third kappa shape index (κ3) is 6.81. The first-order valence-electron chi connectivity index (χ1n) is 6.96. The van der Waals surface area contributed by atoms with Crippen LogP contribution in [0.1, 0.15) is 78.6 Å². The van der Waals surface area contributed by atoms with Crippen molar-refractivity contribution in [3.05, 3.63) is 11.1 Å². The summed E-state index contributed by atoms with van der Waals surface area (Å²) >= 11 is 0. The summed E-state index contributed by atoms with van der Waals surface area (Å²) in [5.74, 6) is 0. The maximum absolute atomic E-state index is 11.1. The van der Waals surface area contributed by atoms with Crippen molar-refractivity contribution in [3.63, 3.8) is 0 Å². The number of rotatable bonds is 10. The van der Waals surface area contributed by atoms with Crippen LogP contribution in [0, 0.1) is 0 Å². The summed E-state index contributed by atoms with van der Waals surface area (Å²) in [6, 6.07) is 0. The lowest BCUT2D eigenvalue weighted by Crippen LogP contribution is -1.96. The molecule has 0 fully saturated rings. The fraction of sp³-hybridized carbons (Fsp3) is 0.800. The van der Waals surface area contributed by atoms with E-state index in [2.05, 4.69) is 20.8 Å². The van der Waals surface area contributed by atoms with Gasteiger partial charge in [0, 0.05) is 0 Å². The van der Waals surface area contributed by atoms with Crippen LogP contribution in [0.2, 0.25) is 0 Å². The highest BCUT2D eigenvalue weighted by Gasteiger charge is 2.05. The van der Waals surface area contributed by atoms with Gasteiger partial charge in [-0.1, -0.05) is 45.6 Å². The van der Waals surface area contributed by atoms with Gasteiger partial charge in [0.25, 0.3) is 0 Å². The summed E-state index contributed by atoms with van der Waals surface area (Å²) in [7, 11) is 0. The van der Waals surface area contributed by atoms with Gasteiger partial charge >= 0.3 is 0 Å². The lowest BCUT2D eigenvalue weighted by Gasteiger charge is -2.10. The molecule has 16 heavy (non-hydrogen) atoms. The van der Waals surface area contributed by atoms with Gasteiger partial charge in [-0.2, -0.15) is 0 Å². The largest absolute Gasteiger partial charge is 0.298 e. The summed E-state index contributed by atoms with van der Waals surface area (Å²) in [6.45, 7) is 6.61. The van der Waals surface area contributed by atoms with E-state index in [1.54, 1.807) is 0 Å². The molecule has 0 heterocycles. The molecule has 0 aromatic carbocycles. The Bertz CT molecular complexity index is 193. The normalized spacial score (nSPS) is 10.2. The molecule has 1 heteroatoms. The van der Waals surface area contributed by atoms with Gasteiger partial charge in [0.15, 0.2) is 0 Å². The minimum absolute atomic E-state index is 0.989. The van der Waals surface area contributed by atoms with Crippen molar-refractivity contribution in [2.45, 2.75) is 78.6 Å². The monoisotopic (exact) mass is 224 g/mol. The molecule has 1 nitrogen and oxygen atoms in total. The standard InChI is InChI=1S/C15H28O/c1-4-7-10-14(11-8-5-2)15(13-16)12-9-6-3/h13H,4-12H2,1-3H3. The van der Waals surface area contributed by atoms with Crippen molar-refractivity contribution >= 4 is 6.29 Å². The average molecular weight is 224 g/mol. The number of hydrogen-bond donors (Lipinski definition) is 0. The molecule has 0 rings (SSSR count). The highest BCUT2D eigenvalue weighted by Crippen LogP contribution is 2.21. The third-order valence-electron chi connectivity index (χ3n) is 3.06. The Morgan fingerprint density at radius 3 is 1.62 bits per heavy atom. The number of carbonyl (C=O) groups excluding carboxylic acids is 1. The fourth-order valence-corrected chi connectivity index (χ4v) is 1.91. The van der Waals surface area contributed by atoms with Crippen molar-refractivity contribution in [2.75, 3.05) is 0 Å². The fourth-order valence-electron chi connectivity index (χ4n) is 1.91. The minimum Gasteiger partial charge on any atom is -0.298 e. The summed E-state index contributed by atoms with van der Waals surface area (Å²) in [5.41, 5.74) is 2.54. The Morgan fingerprint density at radius 1 is 0.812 bits per heavy atom. The second kappa shape index (κ2) is 10.9. The topological polar surface area (TPSA) is 17.1 Å². The first-order valence-corrected chi connectivity index (χ1v) is 6.96. The number of hydrogen-bond acceptors (Lipinski definition) is 1. The number of unbranched alkanes of at least 4 members (excludes halogenated alkanes) is 3. The van der Waals surface area contributed by atoms with E-state index in [-0.39, 0.29) is 0 Å². The molecule has 0 saturated carbocycles. The van der Waals surface area contributed by atoms with Crippen LogP contribution < -0.4 is 0 Å². The second-order valence-corrected chi connectivity index (χ2v) is 4.56. The summed E-state index contributed by atoms with van der Waals surface area (Å²) in [5, 5.41) is 0. The molecule has 0 unspecified atom stereocenters. The molecule has 0 amide bonds. The molecule has 0 aromatic rings. The molecule has 0 bridgehead atoms. The molecule has 0 aromatic heterocycles. The quantitative estimate of drug-likeness (QED) is 0.375. The van der Waals surface area contributed by atoms with Crippen LogP contribution in [-0.4, -0.2) is 6.29 Å². The van der Waals surface area contributed by atoms with Gasteiger partial charge in [-0.15, -0.1) is 0 Å². The molecule has 0 saturated heterocycles. The van der Waals surface area contributed by atoms with E-state index in [4.69, 9.17) is 0 Å². The minimum atomic E-state index is 0.989. The summed E-state index contributed by atoms with van der Waals surface area (Å²) in [6.07, 6.45) is 11.6. The predicted octanol–water partition coefficient (Wildman–Crippen LogP) is 5.05. The second-order valence-electron chi connectivity index (χ2n) is 4.56. The van der Waals surface area contributed by atoms with E-state index >= 15 is 0 Å². The van der Waals surface area contributed by atoms with Gasteiger partial charge in [-0.25, -0.2) is 0 Å². The van der Waals surface area contributed by atoms with Crippen molar-refractivity contribution in [3.8, 4) is 0 Å². The van der Waals surface area contributed by atoms with E-state index < -0.39 is 0 Å². The van der Waals surface area contributed by atoms with Crippen LogP contribution in [0.4, 0.5) is 0 Å². The number of allylic oxidation sites excluding steroid dienone is 2. The van der Waals surface area contributed by atoms with Gasteiger partial charge in [-0.05, 0) is 44.1 Å². The average Bonchev–Trinajstić information content (AvgIpc) is 2.32. The van der Waals surface area contributed by atoms with Crippen LogP contribution in [0.15, 0.2) is 11.1 Å². The Labute approximate surface area is 101 Å². The summed E-state index contributed by atoms with van der Waals surface area (Å²) in [4.78, 5) is 11.1. The first-order chi connectivity index (χ1) is 7.79. The van der Waals surface area contributed by atoms with Crippen LogP contribution >= 0.6 is 0 Å². The van der Waals surface area contributed by atoms with Gasteiger partial charge < -0.3 is 0 Å². The zero-order valence-corrected chi connectivity index (χ0v) is 11.3. The molecular weight excluding hydrogens is 196 g/mol. The highest BCUT2D eigenvalue weighted by atomic mass is 16.1. The molecule has 0 aliphatic carbocycles. The van der Waals surface area contributed by atoms with Crippen LogP contribution in [0.25, 0.3) is 0 Å². The zero-order valence-electron chi connectivity index (χ0n) is 11.3. The van der Waals surface area contributed by atoms with Crippen LogP contribution in [0.3, 0.4) is 0 Å². The summed E-state index contributed by atoms with van der Waals surface area (Å²) < 4.78 is 0. The van der Waals surface area contributed by atoms with Gasteiger partial charge in [0.1, 0.15) is 6.29 Å². The molecule has 94 valence electrons. The number of carbonyl (C=O) groups is 1. The van der Waals surface area contributed by atoms with E-state index in [9.17, 15) is 4.79 Å². The zero-order chi connectivity index (χ0) is 12.2. The SMILES string of the molecule is CCCCC(C=O)=C(CCCC)CCCC. The highest BCUT2D eigenvalue weighted by molar-refractivity contribution is 5.74. The molecule has 0 atom stereocenters. The van der Waals surface area contributed by atoms with E-state index in [1.165, 1.54) is 37.7 Å². The van der Waals surface area contributed by atoms with Crippen molar-refractivity contribution < 1.29 is 4.79 Å². The van der Waals surface area contributed by atoms with Crippen molar-refractivity contribution in [2.24, 2.45) is 0 Å². The Morgan fingerprint density at radius 2 is 1.25 bits per heavy atom. The third-order valence-corrected chi connectivity index (χ3v) is 3.06. The van der Waals surface area contributed by atoms with E-state index in [1.807, 2.05) is 0 Å². The van der Waals surface area contributed by atoms with Crippen LogP contribution in [0.5, 0.6) is 0 Å². The maximum Gasteiger partial charge on any atom is 0.145 e. The molecule has 0 spiro atoms. The van der Waals surface area contributed by atoms with Crippen molar-refractivity contribution in [1.82, 2.24) is 0 Å². The molecular formula is C15H28O. The molecule has 0 aliphatic rings.